The maximum Gasteiger partial charge on any atom is 0.255 e. The standard InChI is InChI=1S/C17H25N3O3.ClH/c18-10-15(12-4-2-1-3-5-12)20-17(22)13-6-8-14(9-7-13)23-11-16(19)21;/h6-9,12,15H,1-5,10-11,18H2,(H2,19,21)(H,20,22);1H. The Bertz CT molecular complexity index is 530. The van der Waals surface area contributed by atoms with Gasteiger partial charge < -0.3 is 21.5 Å². The normalized spacial score (nSPS) is 15.9. The van der Waals surface area contributed by atoms with E-state index < -0.39 is 5.91 Å². The summed E-state index contributed by atoms with van der Waals surface area (Å²) in [4.78, 5) is 23.0. The highest BCUT2D eigenvalue weighted by atomic mass is 35.5. The van der Waals surface area contributed by atoms with E-state index in [9.17, 15) is 9.59 Å². The van der Waals surface area contributed by atoms with Gasteiger partial charge in [0.25, 0.3) is 11.8 Å². The molecule has 6 nitrogen and oxygen atoms in total. The number of rotatable bonds is 7. The Morgan fingerprint density at radius 3 is 2.33 bits per heavy atom. The quantitative estimate of drug-likeness (QED) is 0.690. The van der Waals surface area contributed by atoms with Crippen LogP contribution in [0.5, 0.6) is 5.75 Å². The first-order valence-electron chi connectivity index (χ1n) is 8.12. The highest BCUT2D eigenvalue weighted by molar-refractivity contribution is 5.94. The van der Waals surface area contributed by atoms with Crippen molar-refractivity contribution in [2.24, 2.45) is 17.4 Å². The average Bonchev–Trinajstić information content (AvgIpc) is 2.58. The molecule has 1 aliphatic rings. The van der Waals surface area contributed by atoms with Crippen LogP contribution in [0.2, 0.25) is 0 Å². The fourth-order valence-corrected chi connectivity index (χ4v) is 3.01. The molecule has 1 fully saturated rings. The van der Waals surface area contributed by atoms with Gasteiger partial charge in [-0.2, -0.15) is 0 Å². The van der Waals surface area contributed by atoms with Crippen molar-refractivity contribution in [2.45, 2.75) is 38.1 Å². The van der Waals surface area contributed by atoms with Crippen molar-refractivity contribution in [3.63, 3.8) is 0 Å². The lowest BCUT2D eigenvalue weighted by molar-refractivity contribution is -0.119. The molecule has 1 aromatic rings. The molecular formula is C17H26ClN3O3. The van der Waals surface area contributed by atoms with Crippen LogP contribution in [0.1, 0.15) is 42.5 Å². The molecule has 0 spiro atoms. The number of ether oxygens (including phenoxy) is 1. The number of nitrogens with two attached hydrogens (primary N) is 2. The summed E-state index contributed by atoms with van der Waals surface area (Å²) in [5.74, 6) is 0.302. The number of benzene rings is 1. The summed E-state index contributed by atoms with van der Waals surface area (Å²) < 4.78 is 5.17. The molecule has 0 bridgehead atoms. The third kappa shape index (κ3) is 6.02. The fraction of sp³-hybridized carbons (Fsp3) is 0.529. The number of halogens is 1. The molecule has 134 valence electrons. The van der Waals surface area contributed by atoms with E-state index in [1.165, 1.54) is 19.3 Å². The SMILES string of the molecule is Cl.NCC(NC(=O)c1ccc(OCC(N)=O)cc1)C1CCCCC1. The lowest BCUT2D eigenvalue weighted by atomic mass is 9.84. The van der Waals surface area contributed by atoms with Crippen LogP contribution in [0.25, 0.3) is 0 Å². The second-order valence-electron chi connectivity index (χ2n) is 5.99. The zero-order valence-corrected chi connectivity index (χ0v) is 14.5. The van der Waals surface area contributed by atoms with Crippen molar-refractivity contribution in [1.29, 1.82) is 0 Å². The van der Waals surface area contributed by atoms with Crippen molar-refractivity contribution in [3.8, 4) is 5.75 Å². The Morgan fingerprint density at radius 1 is 1.17 bits per heavy atom. The van der Waals surface area contributed by atoms with Gasteiger partial charge in [-0.05, 0) is 43.0 Å². The molecule has 0 aromatic heterocycles. The second kappa shape index (κ2) is 10.2. The van der Waals surface area contributed by atoms with E-state index in [2.05, 4.69) is 5.32 Å². The molecule has 1 aliphatic carbocycles. The first kappa shape index (κ1) is 20.3. The molecule has 7 heteroatoms. The van der Waals surface area contributed by atoms with Gasteiger partial charge in [-0.15, -0.1) is 12.4 Å². The van der Waals surface area contributed by atoms with Crippen LogP contribution >= 0.6 is 12.4 Å². The molecule has 24 heavy (non-hydrogen) atoms. The lowest BCUT2D eigenvalue weighted by Gasteiger charge is -2.30. The Balaban J connectivity index is 0.00000288. The van der Waals surface area contributed by atoms with Gasteiger partial charge >= 0.3 is 0 Å². The monoisotopic (exact) mass is 355 g/mol. The summed E-state index contributed by atoms with van der Waals surface area (Å²) in [5, 5.41) is 3.04. The van der Waals surface area contributed by atoms with Crippen LogP contribution in [0.3, 0.4) is 0 Å². The molecule has 1 saturated carbocycles. The van der Waals surface area contributed by atoms with Crippen LogP contribution < -0.4 is 21.5 Å². The van der Waals surface area contributed by atoms with Crippen LogP contribution in [-0.2, 0) is 4.79 Å². The molecule has 1 unspecified atom stereocenters. The first-order valence-corrected chi connectivity index (χ1v) is 8.12. The summed E-state index contributed by atoms with van der Waals surface area (Å²) in [7, 11) is 0. The smallest absolute Gasteiger partial charge is 0.255 e. The summed E-state index contributed by atoms with van der Waals surface area (Å²) in [6.45, 7) is 0.276. The minimum atomic E-state index is -0.537. The van der Waals surface area contributed by atoms with Crippen LogP contribution in [-0.4, -0.2) is 31.0 Å². The number of hydrogen-bond acceptors (Lipinski definition) is 4. The van der Waals surface area contributed by atoms with Gasteiger partial charge in [-0.25, -0.2) is 0 Å². The van der Waals surface area contributed by atoms with E-state index in [1.54, 1.807) is 24.3 Å². The van der Waals surface area contributed by atoms with Gasteiger partial charge in [-0.3, -0.25) is 9.59 Å². The minimum absolute atomic E-state index is 0. The highest BCUT2D eigenvalue weighted by Crippen LogP contribution is 2.26. The molecule has 2 amide bonds. The van der Waals surface area contributed by atoms with Gasteiger partial charge in [0.2, 0.25) is 0 Å². The van der Waals surface area contributed by atoms with Crippen molar-refractivity contribution in [1.82, 2.24) is 5.32 Å². The number of hydrogen-bond donors (Lipinski definition) is 3. The van der Waals surface area contributed by atoms with Gasteiger partial charge in [-0.1, -0.05) is 19.3 Å². The molecule has 0 heterocycles. The van der Waals surface area contributed by atoms with Crippen molar-refractivity contribution < 1.29 is 14.3 Å². The second-order valence-corrected chi connectivity index (χ2v) is 5.99. The lowest BCUT2D eigenvalue weighted by Crippen LogP contribution is -2.45. The number of nitrogens with one attached hydrogen (secondary N) is 1. The number of carbonyl (C=O) groups is 2. The highest BCUT2D eigenvalue weighted by Gasteiger charge is 2.24. The third-order valence-electron chi connectivity index (χ3n) is 4.29. The zero-order valence-electron chi connectivity index (χ0n) is 13.7. The van der Waals surface area contributed by atoms with Gasteiger partial charge in [0, 0.05) is 18.2 Å². The molecule has 2 rings (SSSR count). The van der Waals surface area contributed by atoms with Gasteiger partial charge in [0.05, 0.1) is 0 Å². The average molecular weight is 356 g/mol. The molecule has 1 atom stereocenters. The number of amides is 2. The predicted molar refractivity (Wildman–Crippen MR) is 95.3 cm³/mol. The van der Waals surface area contributed by atoms with E-state index in [4.69, 9.17) is 16.2 Å². The van der Waals surface area contributed by atoms with E-state index in [0.717, 1.165) is 12.8 Å². The van der Waals surface area contributed by atoms with E-state index in [1.807, 2.05) is 0 Å². The molecule has 0 radical (unpaired) electrons. The Morgan fingerprint density at radius 2 is 1.79 bits per heavy atom. The van der Waals surface area contributed by atoms with E-state index in [0.29, 0.717) is 23.8 Å². The molecule has 0 saturated heterocycles. The third-order valence-corrected chi connectivity index (χ3v) is 4.29. The number of carbonyl (C=O) groups excluding carboxylic acids is 2. The molecule has 5 N–H and O–H groups in total. The Kier molecular flexibility index (Phi) is 8.57. The summed E-state index contributed by atoms with van der Waals surface area (Å²) in [6.07, 6.45) is 5.95. The fourth-order valence-electron chi connectivity index (χ4n) is 3.01. The van der Waals surface area contributed by atoms with Crippen LogP contribution in [0.15, 0.2) is 24.3 Å². The van der Waals surface area contributed by atoms with Crippen molar-refractivity contribution in [3.05, 3.63) is 29.8 Å². The predicted octanol–water partition coefficient (Wildman–Crippen LogP) is 1.61. The maximum atomic E-state index is 12.4. The molecule has 1 aromatic carbocycles. The Hall–Kier alpha value is -1.79. The molecule has 0 aliphatic heterocycles. The minimum Gasteiger partial charge on any atom is -0.484 e. The van der Waals surface area contributed by atoms with Gasteiger partial charge in [0.1, 0.15) is 5.75 Å². The summed E-state index contributed by atoms with van der Waals surface area (Å²) >= 11 is 0. The van der Waals surface area contributed by atoms with Gasteiger partial charge in [0.15, 0.2) is 6.61 Å². The number of primary amides is 1. The first-order chi connectivity index (χ1) is 11.1. The maximum absolute atomic E-state index is 12.4. The van der Waals surface area contributed by atoms with Crippen molar-refractivity contribution >= 4 is 24.2 Å². The Labute approximate surface area is 148 Å². The molecular weight excluding hydrogens is 330 g/mol. The van der Waals surface area contributed by atoms with Crippen LogP contribution in [0, 0.1) is 5.92 Å². The summed E-state index contributed by atoms with van der Waals surface area (Å²) in [5.41, 5.74) is 11.4. The van der Waals surface area contributed by atoms with E-state index >= 15 is 0 Å². The van der Waals surface area contributed by atoms with E-state index in [-0.39, 0.29) is 31.0 Å². The topological polar surface area (TPSA) is 107 Å². The van der Waals surface area contributed by atoms with Crippen molar-refractivity contribution in [2.75, 3.05) is 13.2 Å². The largest absolute Gasteiger partial charge is 0.484 e. The van der Waals surface area contributed by atoms with Crippen LogP contribution in [0.4, 0.5) is 0 Å². The zero-order chi connectivity index (χ0) is 16.7. The summed E-state index contributed by atoms with van der Waals surface area (Å²) in [6, 6.07) is 6.65.